The normalized spacial score (nSPS) is 19.7. The van der Waals surface area contributed by atoms with Gasteiger partial charge in [-0.2, -0.15) is 0 Å². The second kappa shape index (κ2) is 6.01. The van der Waals surface area contributed by atoms with Crippen LogP contribution in [0.2, 0.25) is 0 Å². The standard InChI is InChI=1S/C17H13FN6O4/c1-9(25)19-16-21-22-17(23(16)11-7-5-10(18)6-8-11)12-3-2-4-13(24(27)28)14(12)20-15(17)26/h2-8,22H,1H3,(H,20,26)(H,19,21,25). The number of rotatable bonds is 2. The number of para-hydroxylation sites is 1. The summed E-state index contributed by atoms with van der Waals surface area (Å²) in [6, 6.07) is 9.44. The van der Waals surface area contributed by atoms with Crippen molar-refractivity contribution < 1.29 is 18.9 Å². The Labute approximate surface area is 157 Å². The largest absolute Gasteiger partial charge is 0.316 e. The lowest BCUT2D eigenvalue weighted by Crippen LogP contribution is -2.58. The number of hydrogen-bond acceptors (Lipinski definition) is 7. The number of nitro benzene ring substituents is 1. The molecule has 28 heavy (non-hydrogen) atoms. The lowest BCUT2D eigenvalue weighted by Gasteiger charge is -2.34. The van der Waals surface area contributed by atoms with Gasteiger partial charge in [0.05, 0.1) is 4.92 Å². The Kier molecular flexibility index (Phi) is 3.73. The Morgan fingerprint density at radius 1 is 1.29 bits per heavy atom. The Morgan fingerprint density at radius 3 is 2.64 bits per heavy atom. The van der Waals surface area contributed by atoms with Crippen molar-refractivity contribution in [2.24, 2.45) is 5.10 Å². The van der Waals surface area contributed by atoms with Crippen LogP contribution in [0.5, 0.6) is 0 Å². The summed E-state index contributed by atoms with van der Waals surface area (Å²) < 4.78 is 13.4. The quantitative estimate of drug-likeness (QED) is 0.530. The topological polar surface area (TPSA) is 129 Å². The van der Waals surface area contributed by atoms with E-state index < -0.39 is 28.2 Å². The van der Waals surface area contributed by atoms with Gasteiger partial charge in [-0.25, -0.2) is 4.39 Å². The number of nitrogens with zero attached hydrogens (tertiary/aromatic N) is 3. The molecule has 1 spiro atoms. The highest BCUT2D eigenvalue weighted by molar-refractivity contribution is 6.18. The minimum Gasteiger partial charge on any atom is -0.316 e. The zero-order valence-corrected chi connectivity index (χ0v) is 14.4. The van der Waals surface area contributed by atoms with Crippen LogP contribution < -0.4 is 21.0 Å². The summed E-state index contributed by atoms with van der Waals surface area (Å²) in [5, 5.41) is 20.4. The predicted molar refractivity (Wildman–Crippen MR) is 96.7 cm³/mol. The van der Waals surface area contributed by atoms with Gasteiger partial charge in [0.25, 0.3) is 11.6 Å². The smallest absolute Gasteiger partial charge is 0.293 e. The van der Waals surface area contributed by atoms with Gasteiger partial charge in [-0.05, 0) is 24.3 Å². The van der Waals surface area contributed by atoms with Gasteiger partial charge < -0.3 is 5.32 Å². The number of halogens is 1. The first kappa shape index (κ1) is 17.4. The Morgan fingerprint density at radius 2 is 2.00 bits per heavy atom. The molecule has 2 aromatic rings. The maximum atomic E-state index is 13.4. The van der Waals surface area contributed by atoms with Crippen LogP contribution >= 0.6 is 0 Å². The lowest BCUT2D eigenvalue weighted by molar-refractivity contribution is -0.383. The number of guanidine groups is 1. The highest BCUT2D eigenvalue weighted by atomic mass is 19.1. The fraction of sp³-hybridized carbons (Fsp3) is 0.118. The van der Waals surface area contributed by atoms with E-state index in [1.807, 2.05) is 0 Å². The van der Waals surface area contributed by atoms with Gasteiger partial charge in [0.1, 0.15) is 11.5 Å². The minimum atomic E-state index is -1.68. The fourth-order valence-electron chi connectivity index (χ4n) is 3.32. The molecule has 2 heterocycles. The molecule has 0 saturated heterocycles. The summed E-state index contributed by atoms with van der Waals surface area (Å²) in [4.78, 5) is 36.7. The molecule has 2 aliphatic heterocycles. The summed E-state index contributed by atoms with van der Waals surface area (Å²) in [6.07, 6.45) is 0. The molecule has 0 aromatic heterocycles. The Balaban J connectivity index is 1.92. The third-order valence-corrected chi connectivity index (χ3v) is 4.44. The van der Waals surface area contributed by atoms with Crippen LogP contribution in [0.3, 0.4) is 0 Å². The third-order valence-electron chi connectivity index (χ3n) is 4.44. The van der Waals surface area contributed by atoms with Crippen molar-refractivity contribution in [2.75, 3.05) is 10.2 Å². The van der Waals surface area contributed by atoms with Crippen molar-refractivity contribution >= 4 is 34.8 Å². The average Bonchev–Trinajstić information content (AvgIpc) is 3.15. The second-order valence-corrected chi connectivity index (χ2v) is 6.16. The van der Waals surface area contributed by atoms with E-state index in [4.69, 9.17) is 0 Å². The molecule has 1 atom stereocenters. The maximum absolute atomic E-state index is 13.4. The highest BCUT2D eigenvalue weighted by Crippen LogP contribution is 2.46. The van der Waals surface area contributed by atoms with E-state index in [0.29, 0.717) is 5.69 Å². The molecular weight excluding hydrogens is 371 g/mol. The molecule has 2 aromatic carbocycles. The van der Waals surface area contributed by atoms with Crippen molar-refractivity contribution in [2.45, 2.75) is 12.6 Å². The summed E-state index contributed by atoms with van der Waals surface area (Å²) in [5.74, 6) is -1.57. The van der Waals surface area contributed by atoms with E-state index in [1.165, 1.54) is 54.3 Å². The molecule has 4 rings (SSSR count). The van der Waals surface area contributed by atoms with Crippen LogP contribution in [0.4, 0.5) is 21.5 Å². The molecule has 3 N–H and O–H groups in total. The molecule has 0 bridgehead atoms. The van der Waals surface area contributed by atoms with Gasteiger partial charge in [-0.3, -0.25) is 35.3 Å². The number of hydrazone groups is 1. The van der Waals surface area contributed by atoms with E-state index in [2.05, 4.69) is 21.2 Å². The van der Waals surface area contributed by atoms with Gasteiger partial charge in [0.2, 0.25) is 17.5 Å². The molecule has 11 heteroatoms. The molecule has 0 radical (unpaired) electrons. The predicted octanol–water partition coefficient (Wildman–Crippen LogP) is 1.36. The van der Waals surface area contributed by atoms with E-state index in [9.17, 15) is 24.1 Å². The van der Waals surface area contributed by atoms with Gasteiger partial charge >= 0.3 is 0 Å². The van der Waals surface area contributed by atoms with E-state index in [-0.39, 0.29) is 22.9 Å². The first-order valence-corrected chi connectivity index (χ1v) is 8.12. The number of anilines is 2. The van der Waals surface area contributed by atoms with E-state index in [1.54, 1.807) is 0 Å². The fourth-order valence-corrected chi connectivity index (χ4v) is 3.32. The number of fused-ring (bicyclic) bond motifs is 2. The van der Waals surface area contributed by atoms with E-state index in [0.717, 1.165) is 0 Å². The SMILES string of the molecule is CC(=O)NC1=NNC2(C(=O)Nc3c([N+](=O)[O-])cccc32)N1c1ccc(F)cc1. The first-order valence-electron chi connectivity index (χ1n) is 8.12. The summed E-state index contributed by atoms with van der Waals surface area (Å²) in [5.41, 5.74) is 1.34. The molecule has 0 aliphatic carbocycles. The van der Waals surface area contributed by atoms with Crippen molar-refractivity contribution in [3.8, 4) is 0 Å². The number of carbonyl (C=O) groups excluding carboxylic acids is 2. The summed E-state index contributed by atoms with van der Waals surface area (Å²) in [7, 11) is 0. The van der Waals surface area contributed by atoms with Crippen LogP contribution in [-0.2, 0) is 15.3 Å². The zero-order chi connectivity index (χ0) is 20.1. The minimum absolute atomic E-state index is 0.00591. The number of benzene rings is 2. The zero-order valence-electron chi connectivity index (χ0n) is 14.4. The molecule has 1 unspecified atom stereocenters. The Hall–Kier alpha value is -4.02. The average molecular weight is 384 g/mol. The summed E-state index contributed by atoms with van der Waals surface area (Å²) in [6.45, 7) is 1.27. The van der Waals surface area contributed by atoms with Crippen molar-refractivity contribution in [3.63, 3.8) is 0 Å². The molecular formula is C17H13FN6O4. The first-order chi connectivity index (χ1) is 13.3. The number of nitrogens with one attached hydrogen (secondary N) is 3. The number of amides is 2. The number of carbonyl (C=O) groups is 2. The van der Waals surface area contributed by atoms with E-state index >= 15 is 0 Å². The lowest BCUT2D eigenvalue weighted by atomic mass is 9.98. The van der Waals surface area contributed by atoms with Gasteiger partial charge in [-0.15, -0.1) is 5.10 Å². The molecule has 142 valence electrons. The van der Waals surface area contributed by atoms with Crippen molar-refractivity contribution in [1.82, 2.24) is 10.7 Å². The number of nitro groups is 1. The third kappa shape index (κ3) is 2.36. The second-order valence-electron chi connectivity index (χ2n) is 6.16. The molecule has 10 nitrogen and oxygen atoms in total. The van der Waals surface area contributed by atoms with Gasteiger partial charge in [0, 0.05) is 24.2 Å². The molecule has 2 amide bonds. The van der Waals surface area contributed by atoms with Crippen LogP contribution in [0, 0.1) is 15.9 Å². The highest BCUT2D eigenvalue weighted by Gasteiger charge is 2.58. The summed E-state index contributed by atoms with van der Waals surface area (Å²) >= 11 is 0. The van der Waals surface area contributed by atoms with Gasteiger partial charge in [0.15, 0.2) is 0 Å². The van der Waals surface area contributed by atoms with Crippen LogP contribution in [0.1, 0.15) is 12.5 Å². The maximum Gasteiger partial charge on any atom is 0.293 e. The van der Waals surface area contributed by atoms with Gasteiger partial charge in [-0.1, -0.05) is 12.1 Å². The van der Waals surface area contributed by atoms with Crippen molar-refractivity contribution in [3.05, 3.63) is 64.0 Å². The van der Waals surface area contributed by atoms with Crippen molar-refractivity contribution in [1.29, 1.82) is 0 Å². The molecule has 0 saturated carbocycles. The molecule has 0 fully saturated rings. The van der Waals surface area contributed by atoms with Crippen LogP contribution in [0.25, 0.3) is 0 Å². The number of hydrogen-bond donors (Lipinski definition) is 3. The monoisotopic (exact) mass is 384 g/mol. The Bertz CT molecular complexity index is 1050. The van der Waals surface area contributed by atoms with Crippen LogP contribution in [0.15, 0.2) is 47.6 Å². The van der Waals surface area contributed by atoms with Crippen LogP contribution in [-0.4, -0.2) is 22.7 Å². The molecule has 2 aliphatic rings.